The second-order valence-corrected chi connectivity index (χ2v) is 3.74. The highest BCUT2D eigenvalue weighted by Gasteiger charge is 2.23. The van der Waals surface area contributed by atoms with E-state index in [4.69, 9.17) is 9.47 Å². The van der Waals surface area contributed by atoms with Crippen LogP contribution in [0.2, 0.25) is 0 Å². The molecule has 1 aromatic carbocycles. The van der Waals surface area contributed by atoms with Gasteiger partial charge in [-0.2, -0.15) is 0 Å². The maximum Gasteiger partial charge on any atom is 0.337 e. The van der Waals surface area contributed by atoms with Gasteiger partial charge in [-0.1, -0.05) is 0 Å². The fourth-order valence-corrected chi connectivity index (χ4v) is 1.81. The molecule has 1 aromatic rings. The van der Waals surface area contributed by atoms with Gasteiger partial charge in [0.2, 0.25) is 0 Å². The number of esters is 1. The summed E-state index contributed by atoms with van der Waals surface area (Å²) in [5.41, 5.74) is 1.59. The molecule has 1 N–H and O–H groups in total. The third-order valence-electron chi connectivity index (χ3n) is 2.85. The quantitative estimate of drug-likeness (QED) is 0.786. The molecule has 0 spiro atoms. The number of rotatable bonds is 3. The Morgan fingerprint density at radius 2 is 2.19 bits per heavy atom. The first-order valence-electron chi connectivity index (χ1n) is 5.26. The lowest BCUT2D eigenvalue weighted by molar-refractivity contribution is 0.0600. The monoisotopic (exact) mass is 221 g/mol. The van der Waals surface area contributed by atoms with Crippen molar-refractivity contribution in [3.63, 3.8) is 0 Å². The van der Waals surface area contributed by atoms with E-state index in [0.29, 0.717) is 11.6 Å². The number of ether oxygens (including phenoxy) is 2. The van der Waals surface area contributed by atoms with Crippen molar-refractivity contribution >= 4 is 5.97 Å². The molecule has 16 heavy (non-hydrogen) atoms. The Morgan fingerprint density at radius 1 is 1.44 bits per heavy atom. The normalized spacial score (nSPS) is 18.8. The van der Waals surface area contributed by atoms with Gasteiger partial charge < -0.3 is 14.8 Å². The topological polar surface area (TPSA) is 47.6 Å². The average Bonchev–Trinajstić information content (AvgIpc) is 2.25. The Morgan fingerprint density at radius 3 is 2.69 bits per heavy atom. The minimum Gasteiger partial charge on any atom is -0.496 e. The molecular formula is C12H15NO3. The molecule has 1 aliphatic rings. The number of hydrogen-bond donors (Lipinski definition) is 1. The Balaban J connectivity index is 2.34. The van der Waals surface area contributed by atoms with Gasteiger partial charge in [0.05, 0.1) is 19.8 Å². The summed E-state index contributed by atoms with van der Waals surface area (Å²) < 4.78 is 9.97. The maximum atomic E-state index is 11.4. The smallest absolute Gasteiger partial charge is 0.337 e. The third kappa shape index (κ3) is 1.88. The summed E-state index contributed by atoms with van der Waals surface area (Å²) in [6, 6.07) is 5.65. The molecular weight excluding hydrogens is 206 g/mol. The number of carbonyl (C=O) groups excluding carboxylic acids is 1. The first-order valence-corrected chi connectivity index (χ1v) is 5.26. The first kappa shape index (κ1) is 11.0. The van der Waals surface area contributed by atoms with Crippen LogP contribution in [0.4, 0.5) is 0 Å². The van der Waals surface area contributed by atoms with E-state index in [-0.39, 0.29) is 5.97 Å². The largest absolute Gasteiger partial charge is 0.496 e. The Bertz CT molecular complexity index is 399. The van der Waals surface area contributed by atoms with Gasteiger partial charge in [0.25, 0.3) is 0 Å². The van der Waals surface area contributed by atoms with E-state index >= 15 is 0 Å². The molecule has 1 fully saturated rings. The number of nitrogens with one attached hydrogen (secondary N) is 1. The molecule has 4 nitrogen and oxygen atoms in total. The van der Waals surface area contributed by atoms with E-state index in [1.807, 2.05) is 12.1 Å². The van der Waals surface area contributed by atoms with Crippen LogP contribution in [-0.2, 0) is 4.74 Å². The van der Waals surface area contributed by atoms with Crippen molar-refractivity contribution in [1.29, 1.82) is 0 Å². The van der Waals surface area contributed by atoms with Crippen LogP contribution in [-0.4, -0.2) is 26.7 Å². The van der Waals surface area contributed by atoms with Gasteiger partial charge in [0.15, 0.2) is 0 Å². The van der Waals surface area contributed by atoms with E-state index < -0.39 is 0 Å². The minimum absolute atomic E-state index is 0.291. The molecule has 1 unspecified atom stereocenters. The number of carbonyl (C=O) groups is 1. The van der Waals surface area contributed by atoms with Gasteiger partial charge in [-0.15, -0.1) is 0 Å². The predicted octanol–water partition coefficient (Wildman–Crippen LogP) is 1.52. The zero-order chi connectivity index (χ0) is 11.5. The molecule has 1 atom stereocenters. The number of benzene rings is 1. The fourth-order valence-electron chi connectivity index (χ4n) is 1.81. The minimum atomic E-state index is -0.316. The van der Waals surface area contributed by atoms with Crippen LogP contribution in [0.25, 0.3) is 0 Å². The highest BCUT2D eigenvalue weighted by Crippen LogP contribution is 2.31. The Kier molecular flexibility index (Phi) is 3.10. The zero-order valence-electron chi connectivity index (χ0n) is 9.45. The molecule has 86 valence electrons. The van der Waals surface area contributed by atoms with Gasteiger partial charge in [-0.3, -0.25) is 0 Å². The second-order valence-electron chi connectivity index (χ2n) is 3.74. The summed E-state index contributed by atoms with van der Waals surface area (Å²) in [5.74, 6) is 0.494. The van der Waals surface area contributed by atoms with Gasteiger partial charge in [0.1, 0.15) is 5.75 Å². The van der Waals surface area contributed by atoms with E-state index in [0.717, 1.165) is 24.3 Å². The molecule has 0 amide bonds. The lowest BCUT2D eigenvalue weighted by Gasteiger charge is -2.29. The van der Waals surface area contributed by atoms with Crippen LogP contribution < -0.4 is 10.1 Å². The van der Waals surface area contributed by atoms with Crippen molar-refractivity contribution in [3.05, 3.63) is 29.3 Å². The Labute approximate surface area is 94.6 Å². The van der Waals surface area contributed by atoms with Crippen LogP contribution in [0.15, 0.2) is 18.2 Å². The van der Waals surface area contributed by atoms with Crippen LogP contribution in [0.3, 0.4) is 0 Å². The summed E-state index contributed by atoms with van der Waals surface area (Å²) in [5, 5.41) is 3.29. The predicted molar refractivity (Wildman–Crippen MR) is 59.7 cm³/mol. The van der Waals surface area contributed by atoms with E-state index in [1.54, 1.807) is 13.2 Å². The lowest BCUT2D eigenvalue weighted by atomic mass is 9.95. The highest BCUT2D eigenvalue weighted by atomic mass is 16.5. The van der Waals surface area contributed by atoms with Crippen molar-refractivity contribution < 1.29 is 14.3 Å². The molecule has 4 heteroatoms. The van der Waals surface area contributed by atoms with Gasteiger partial charge in [0, 0.05) is 11.6 Å². The SMILES string of the molecule is COC(=O)c1ccc(OC)c(C2CCN2)c1. The summed E-state index contributed by atoms with van der Waals surface area (Å²) in [6.07, 6.45) is 1.07. The van der Waals surface area contributed by atoms with Crippen molar-refractivity contribution in [2.24, 2.45) is 0 Å². The summed E-state index contributed by atoms with van der Waals surface area (Å²) in [4.78, 5) is 11.4. The maximum absolute atomic E-state index is 11.4. The van der Waals surface area contributed by atoms with Crippen molar-refractivity contribution in [3.8, 4) is 5.75 Å². The average molecular weight is 221 g/mol. The van der Waals surface area contributed by atoms with E-state index in [2.05, 4.69) is 5.32 Å². The first-order chi connectivity index (χ1) is 7.76. The molecule has 0 aromatic heterocycles. The summed E-state index contributed by atoms with van der Waals surface area (Å²) in [7, 11) is 3.02. The molecule has 0 aliphatic carbocycles. The van der Waals surface area contributed by atoms with Crippen LogP contribution in [0, 0.1) is 0 Å². The molecule has 2 rings (SSSR count). The molecule has 1 saturated heterocycles. The lowest BCUT2D eigenvalue weighted by Crippen LogP contribution is -2.35. The van der Waals surface area contributed by atoms with E-state index in [9.17, 15) is 4.79 Å². The molecule has 0 saturated carbocycles. The highest BCUT2D eigenvalue weighted by molar-refractivity contribution is 5.89. The standard InChI is InChI=1S/C12H15NO3/c1-15-11-4-3-8(12(14)16-2)7-9(11)10-5-6-13-10/h3-4,7,10,13H,5-6H2,1-2H3. The van der Waals surface area contributed by atoms with Crippen LogP contribution in [0.1, 0.15) is 28.4 Å². The second kappa shape index (κ2) is 4.53. The van der Waals surface area contributed by atoms with Crippen molar-refractivity contribution in [2.45, 2.75) is 12.5 Å². The number of methoxy groups -OCH3 is 2. The van der Waals surface area contributed by atoms with Gasteiger partial charge >= 0.3 is 5.97 Å². The molecule has 0 radical (unpaired) electrons. The van der Waals surface area contributed by atoms with Crippen molar-refractivity contribution in [2.75, 3.05) is 20.8 Å². The third-order valence-corrected chi connectivity index (χ3v) is 2.85. The number of hydrogen-bond acceptors (Lipinski definition) is 4. The summed E-state index contributed by atoms with van der Waals surface area (Å²) >= 11 is 0. The summed E-state index contributed by atoms with van der Waals surface area (Å²) in [6.45, 7) is 1.01. The zero-order valence-corrected chi connectivity index (χ0v) is 9.45. The Hall–Kier alpha value is -1.55. The molecule has 1 heterocycles. The van der Waals surface area contributed by atoms with Crippen LogP contribution >= 0.6 is 0 Å². The molecule has 0 bridgehead atoms. The van der Waals surface area contributed by atoms with Crippen molar-refractivity contribution in [1.82, 2.24) is 5.32 Å². The van der Waals surface area contributed by atoms with Gasteiger partial charge in [-0.25, -0.2) is 4.79 Å². The van der Waals surface area contributed by atoms with Gasteiger partial charge in [-0.05, 0) is 31.2 Å². The fraction of sp³-hybridized carbons (Fsp3) is 0.417. The molecule has 1 aliphatic heterocycles. The van der Waals surface area contributed by atoms with E-state index in [1.165, 1.54) is 7.11 Å². The van der Waals surface area contributed by atoms with Crippen LogP contribution in [0.5, 0.6) is 5.75 Å².